The number of rotatable bonds is 20. The Morgan fingerprint density at radius 1 is 0.190 bits per heavy atom. The predicted molar refractivity (Wildman–Crippen MR) is 346 cm³/mol. The average Bonchev–Trinajstić information content (AvgIpc) is 1.43. The SMILES string of the molecule is C[C@H]1O[C@H](COC2O[C@H](CN)[C@@H](O)[C@H](O)[C@H]2O)[C@@H](O)[C@@H]1N.C[C@H]1O[C@H](COC2O[C@H](CN)[C@@H](O)[C@H](O)[C@H]2O)[C@@H](O)[C@@H]1O.C[C@H]1O[C@H](COC2O[C@H](CN)[C@@H](O)[C@H](O)[C@H]2O)[C@H](N)[C@H]1O.C[C@H]1O[C@H](COC2O[C@H](CN)[C@@H](O)[C@H](O)[C@H]2O)[C@H](O)[C@H]1N.C[C@H]1O[C@H](COC2O[C@H](CN)[C@@H](O)[C@H](O)[C@H]2O)[C@H](O)[C@H]1O. The summed E-state index contributed by atoms with van der Waals surface area (Å²) in [4.78, 5) is 0. The molecule has 45 heteroatoms. The van der Waals surface area contributed by atoms with Gasteiger partial charge < -0.3 is 229 Å². The van der Waals surface area contributed by atoms with Crippen molar-refractivity contribution >= 4 is 0 Å². The van der Waals surface area contributed by atoms with E-state index in [2.05, 4.69) is 0 Å². The smallest absolute Gasteiger partial charge is 0.186 e. The normalized spacial score (nSPS) is 51.3. The Hall–Kier alpha value is -1.80. The van der Waals surface area contributed by atoms with Gasteiger partial charge in [-0.15, -0.1) is 0 Å². The number of aliphatic hydroxyl groups is 22. The van der Waals surface area contributed by atoms with Gasteiger partial charge in [-0.2, -0.15) is 0 Å². The van der Waals surface area contributed by atoms with Crippen LogP contribution in [0.3, 0.4) is 0 Å². The number of aliphatic hydroxyl groups excluding tert-OH is 22. The van der Waals surface area contributed by atoms with E-state index in [9.17, 15) is 112 Å². The van der Waals surface area contributed by atoms with E-state index < -0.39 is 263 Å². The third kappa shape index (κ3) is 22.6. The molecule has 0 saturated carbocycles. The average molecular weight is 1540 g/mol. The van der Waals surface area contributed by atoms with Gasteiger partial charge in [0.2, 0.25) is 0 Å². The summed E-state index contributed by atoms with van der Waals surface area (Å²) in [6.45, 7) is 7.75. The summed E-state index contributed by atoms with van der Waals surface area (Å²) in [6, 6.07) is -1.64. The molecule has 45 atom stereocenters. The van der Waals surface area contributed by atoms with Gasteiger partial charge in [0.1, 0.15) is 171 Å². The molecule has 0 bridgehead atoms. The summed E-state index contributed by atoms with van der Waals surface area (Å²) in [5.41, 5.74) is 44.4. The van der Waals surface area contributed by atoms with Crippen molar-refractivity contribution in [3.05, 3.63) is 0 Å². The first-order valence-electron chi connectivity index (χ1n) is 34.7. The van der Waals surface area contributed by atoms with Crippen LogP contribution in [0.15, 0.2) is 0 Å². The zero-order valence-corrected chi connectivity index (χ0v) is 58.6. The Bertz CT molecular complexity index is 2100. The molecule has 0 aromatic heterocycles. The number of hydrogen-bond donors (Lipinski definition) is 30. The minimum absolute atomic E-state index is 0.0234. The standard InChI is InChI=1S/3C12H24N2O7.2C12H23NO8/c1-4-8(15)7(14)6(20-4)3-19-12-11(18)10(17)9(16)5(2-13)21-12;2*1-4-7(14)8(15)6(20-4)3-19-12-11(18)10(17)9(16)5(2-13)21-12;2*1-4-7(14)9(16)6(20-4)3-19-12-11(18)10(17)8(15)5(2-13)21-12/h3*4-12,15-18H,2-3,13-14H2,1H3;2*4-12,14-18H,2-3,13H2,1H3/t2*4-,5-,6-,7+,8+,9-,10+,11-,12?;4-,5-,6-,7-,8-,9-,10+,11-,12?;4-,5-,6-,7+,8-,9+,10+,11-,12?;4-,5-,6-,7-,8-,9-,10+,11-,12?/m11111/s1. The van der Waals surface area contributed by atoms with Crippen molar-refractivity contribution < 1.29 is 183 Å². The van der Waals surface area contributed by atoms with Gasteiger partial charge in [0.25, 0.3) is 0 Å². The monoisotopic (exact) mass is 1540 g/mol. The molecule has 0 aromatic carbocycles. The third-order valence-corrected chi connectivity index (χ3v) is 19.9. The minimum Gasteiger partial charge on any atom is -0.389 e. The lowest BCUT2D eigenvalue weighted by molar-refractivity contribution is -0.299. The van der Waals surface area contributed by atoms with Gasteiger partial charge in [-0.05, 0) is 34.6 Å². The molecule has 0 spiro atoms. The second-order valence-corrected chi connectivity index (χ2v) is 27.5. The Kier molecular flexibility index (Phi) is 36.7. The quantitative estimate of drug-likeness (QED) is 0.0538. The van der Waals surface area contributed by atoms with Crippen molar-refractivity contribution in [3.8, 4) is 0 Å². The molecular formula is C60H118N8O37. The molecule has 10 saturated heterocycles. The lowest BCUT2D eigenvalue weighted by Gasteiger charge is -2.40. The van der Waals surface area contributed by atoms with Crippen molar-refractivity contribution in [3.63, 3.8) is 0 Å². The van der Waals surface area contributed by atoms with E-state index in [1.165, 1.54) is 0 Å². The molecule has 10 aliphatic heterocycles. The van der Waals surface area contributed by atoms with Crippen molar-refractivity contribution in [2.75, 3.05) is 65.8 Å². The lowest BCUT2D eigenvalue weighted by atomic mass is 9.99. The number of nitrogens with two attached hydrogens (primary N) is 8. The van der Waals surface area contributed by atoms with E-state index in [0.717, 1.165) is 0 Å². The second kappa shape index (κ2) is 41.8. The molecule has 0 radical (unpaired) electrons. The van der Waals surface area contributed by atoms with Crippen LogP contribution in [0.1, 0.15) is 34.6 Å². The summed E-state index contributed by atoms with van der Waals surface area (Å²) in [5.74, 6) is 0. The molecule has 38 N–H and O–H groups in total. The van der Waals surface area contributed by atoms with Gasteiger partial charge in [-0.1, -0.05) is 0 Å². The van der Waals surface area contributed by atoms with Gasteiger partial charge in [-0.25, -0.2) is 0 Å². The Morgan fingerprint density at radius 3 is 0.543 bits per heavy atom. The fourth-order valence-corrected chi connectivity index (χ4v) is 12.7. The fourth-order valence-electron chi connectivity index (χ4n) is 12.7. The van der Waals surface area contributed by atoms with Crippen molar-refractivity contribution in [1.29, 1.82) is 0 Å². The molecule has 0 amide bonds. The van der Waals surface area contributed by atoms with Crippen LogP contribution >= 0.6 is 0 Å². The zero-order chi connectivity index (χ0) is 78.7. The van der Waals surface area contributed by atoms with Crippen LogP contribution in [-0.4, -0.2) is 454 Å². The van der Waals surface area contributed by atoms with Crippen LogP contribution in [0.5, 0.6) is 0 Å². The molecule has 10 fully saturated rings. The maximum atomic E-state index is 9.87. The van der Waals surface area contributed by atoms with E-state index in [1.807, 2.05) is 0 Å². The van der Waals surface area contributed by atoms with Gasteiger partial charge in [-0.3, -0.25) is 0 Å². The first-order chi connectivity index (χ1) is 49.3. The number of hydrogen-bond acceptors (Lipinski definition) is 45. The van der Waals surface area contributed by atoms with Gasteiger partial charge >= 0.3 is 0 Å². The van der Waals surface area contributed by atoms with Crippen LogP contribution in [0, 0.1) is 0 Å². The molecule has 0 aromatic rings. The second-order valence-electron chi connectivity index (χ2n) is 27.5. The Balaban J connectivity index is 0.000000206. The van der Waals surface area contributed by atoms with E-state index in [1.54, 1.807) is 34.6 Å². The highest BCUT2D eigenvalue weighted by Gasteiger charge is 2.52. The molecule has 5 unspecified atom stereocenters. The highest BCUT2D eigenvalue weighted by atomic mass is 16.7. The molecule has 10 rings (SSSR count). The Morgan fingerprint density at radius 2 is 0.371 bits per heavy atom. The predicted octanol–water partition coefficient (Wildman–Crippen LogP) is -18.7. The largest absolute Gasteiger partial charge is 0.389 e. The zero-order valence-electron chi connectivity index (χ0n) is 58.6. The summed E-state index contributed by atoms with van der Waals surface area (Å²) >= 11 is 0. The maximum absolute atomic E-state index is 9.87. The lowest BCUT2D eigenvalue weighted by Crippen LogP contribution is -2.60. The van der Waals surface area contributed by atoms with E-state index >= 15 is 0 Å². The fraction of sp³-hybridized carbons (Fsp3) is 1.00. The summed E-state index contributed by atoms with van der Waals surface area (Å²) in [7, 11) is 0. The first-order valence-corrected chi connectivity index (χ1v) is 34.7. The van der Waals surface area contributed by atoms with Gasteiger partial charge in [0.15, 0.2) is 31.5 Å². The van der Waals surface area contributed by atoms with E-state index in [0.29, 0.717) is 0 Å². The third-order valence-electron chi connectivity index (χ3n) is 19.9. The topological polar surface area (TPSA) is 792 Å². The van der Waals surface area contributed by atoms with Crippen LogP contribution in [-0.2, 0) is 71.1 Å². The van der Waals surface area contributed by atoms with Crippen LogP contribution in [0.2, 0.25) is 0 Å². The molecule has 105 heavy (non-hydrogen) atoms. The van der Waals surface area contributed by atoms with Crippen molar-refractivity contribution in [2.24, 2.45) is 45.9 Å². The highest BCUT2D eigenvalue weighted by molar-refractivity contribution is 4.99. The summed E-state index contributed by atoms with van der Waals surface area (Å²) in [6.07, 6.45) is -43.2. The molecule has 620 valence electrons. The van der Waals surface area contributed by atoms with Crippen LogP contribution < -0.4 is 45.9 Å². The molecule has 45 nitrogen and oxygen atoms in total. The molecule has 10 aliphatic rings. The van der Waals surface area contributed by atoms with Crippen molar-refractivity contribution in [1.82, 2.24) is 0 Å². The van der Waals surface area contributed by atoms with Gasteiger partial charge in [0.05, 0.1) is 106 Å². The van der Waals surface area contributed by atoms with Crippen molar-refractivity contribution in [2.45, 2.75) is 310 Å². The van der Waals surface area contributed by atoms with Crippen LogP contribution in [0.4, 0.5) is 0 Å². The Labute approximate surface area is 603 Å². The number of ether oxygens (including phenoxy) is 15. The molecular weight excluding hydrogens is 1420 g/mol. The summed E-state index contributed by atoms with van der Waals surface area (Å²) < 4.78 is 80.1. The van der Waals surface area contributed by atoms with Crippen LogP contribution in [0.25, 0.3) is 0 Å². The van der Waals surface area contributed by atoms with Gasteiger partial charge in [0, 0.05) is 32.7 Å². The maximum Gasteiger partial charge on any atom is 0.186 e. The first kappa shape index (κ1) is 92.1. The molecule has 0 aliphatic carbocycles. The molecule has 10 heterocycles. The minimum atomic E-state index is -1.45. The highest BCUT2D eigenvalue weighted by Crippen LogP contribution is 2.32. The van der Waals surface area contributed by atoms with E-state index in [4.69, 9.17) is 117 Å². The van der Waals surface area contributed by atoms with E-state index in [-0.39, 0.29) is 78.0 Å². The summed E-state index contributed by atoms with van der Waals surface area (Å²) in [5, 5.41) is 214.